The van der Waals surface area contributed by atoms with Crippen LogP contribution in [0.25, 0.3) is 0 Å². The summed E-state index contributed by atoms with van der Waals surface area (Å²) in [5.41, 5.74) is 0.846. The summed E-state index contributed by atoms with van der Waals surface area (Å²) in [6.07, 6.45) is 0.0974. The Morgan fingerprint density at radius 3 is 2.74 bits per heavy atom. The number of morpholine rings is 1. The van der Waals surface area contributed by atoms with Gasteiger partial charge in [-0.15, -0.1) is 0 Å². The van der Waals surface area contributed by atoms with Crippen LogP contribution in [0.5, 0.6) is 0 Å². The maximum atomic E-state index is 12.2. The Morgan fingerprint density at radius 2 is 2.13 bits per heavy atom. The van der Waals surface area contributed by atoms with Crippen LogP contribution < -0.4 is 10.6 Å². The third kappa shape index (κ3) is 4.45. The zero-order valence-corrected chi connectivity index (χ0v) is 14.6. The number of ether oxygens (including phenoxy) is 2. The van der Waals surface area contributed by atoms with Gasteiger partial charge in [-0.1, -0.05) is 0 Å². The van der Waals surface area contributed by atoms with Crippen molar-refractivity contribution in [3.63, 3.8) is 0 Å². The number of hydrogen-bond donors (Lipinski definition) is 2. The van der Waals surface area contributed by atoms with Crippen molar-refractivity contribution in [2.24, 2.45) is 0 Å². The molecule has 7 nitrogen and oxygen atoms in total. The van der Waals surface area contributed by atoms with Gasteiger partial charge in [0.05, 0.1) is 29.9 Å². The molecule has 2 rings (SSSR count). The molecule has 0 aliphatic carbocycles. The van der Waals surface area contributed by atoms with E-state index in [2.05, 4.69) is 15.5 Å². The number of amides is 2. The van der Waals surface area contributed by atoms with Crippen molar-refractivity contribution in [3.8, 4) is 0 Å². The summed E-state index contributed by atoms with van der Waals surface area (Å²) in [4.78, 5) is 26.2. The fourth-order valence-electron chi connectivity index (χ4n) is 3.33. The average molecular weight is 325 g/mol. The van der Waals surface area contributed by atoms with Crippen LogP contribution in [0.3, 0.4) is 0 Å². The largest absolute Gasteiger partial charge is 0.463 e. The number of rotatable bonds is 4. The van der Waals surface area contributed by atoms with E-state index in [1.54, 1.807) is 13.8 Å². The molecule has 0 spiro atoms. The van der Waals surface area contributed by atoms with Crippen LogP contribution in [0.2, 0.25) is 0 Å². The summed E-state index contributed by atoms with van der Waals surface area (Å²) in [5.74, 6) is -0.386. The van der Waals surface area contributed by atoms with Gasteiger partial charge in [0.2, 0.25) is 0 Å². The highest BCUT2D eigenvalue weighted by Gasteiger charge is 2.35. The lowest BCUT2D eigenvalue weighted by atomic mass is 10.0. The normalized spacial score (nSPS) is 28.1. The van der Waals surface area contributed by atoms with Gasteiger partial charge in [-0.3, -0.25) is 4.90 Å². The second-order valence-electron chi connectivity index (χ2n) is 6.79. The van der Waals surface area contributed by atoms with Crippen LogP contribution in [-0.2, 0) is 14.3 Å². The summed E-state index contributed by atoms with van der Waals surface area (Å²) in [6, 6.07) is -0.662. The molecule has 130 valence electrons. The number of hydrogen-bond acceptors (Lipinski definition) is 5. The highest BCUT2D eigenvalue weighted by molar-refractivity contribution is 5.94. The monoisotopic (exact) mass is 325 g/mol. The average Bonchev–Trinajstić information content (AvgIpc) is 2.35. The Morgan fingerprint density at radius 1 is 1.43 bits per heavy atom. The lowest BCUT2D eigenvalue weighted by molar-refractivity contribution is -0.139. The third-order valence-corrected chi connectivity index (χ3v) is 3.89. The van der Waals surface area contributed by atoms with E-state index < -0.39 is 0 Å². The number of nitrogens with zero attached hydrogens (tertiary/aromatic N) is 1. The Labute approximate surface area is 137 Å². The molecule has 2 heterocycles. The van der Waals surface area contributed by atoms with Crippen molar-refractivity contribution >= 4 is 12.0 Å². The maximum absolute atomic E-state index is 12.2. The van der Waals surface area contributed by atoms with Crippen molar-refractivity contribution in [1.29, 1.82) is 0 Å². The van der Waals surface area contributed by atoms with Gasteiger partial charge in [-0.25, -0.2) is 9.59 Å². The minimum absolute atomic E-state index is 0.0974. The minimum Gasteiger partial charge on any atom is -0.463 e. The van der Waals surface area contributed by atoms with E-state index in [0.29, 0.717) is 24.4 Å². The van der Waals surface area contributed by atoms with Gasteiger partial charge in [0.15, 0.2) is 0 Å². The van der Waals surface area contributed by atoms with Crippen LogP contribution in [-0.4, -0.2) is 60.9 Å². The molecular weight excluding hydrogens is 298 g/mol. The predicted molar refractivity (Wildman–Crippen MR) is 85.9 cm³/mol. The summed E-state index contributed by atoms with van der Waals surface area (Å²) in [5, 5.41) is 5.48. The van der Waals surface area contributed by atoms with Crippen molar-refractivity contribution in [2.45, 2.75) is 52.4 Å². The molecule has 0 aromatic rings. The van der Waals surface area contributed by atoms with Crippen LogP contribution in [0.1, 0.15) is 34.6 Å². The van der Waals surface area contributed by atoms with E-state index in [-0.39, 0.29) is 29.7 Å². The van der Waals surface area contributed by atoms with Crippen molar-refractivity contribution < 1.29 is 19.1 Å². The van der Waals surface area contributed by atoms with E-state index in [4.69, 9.17) is 9.47 Å². The van der Waals surface area contributed by atoms with E-state index in [9.17, 15) is 9.59 Å². The third-order valence-electron chi connectivity index (χ3n) is 3.89. The van der Waals surface area contributed by atoms with Gasteiger partial charge in [-0.2, -0.15) is 0 Å². The van der Waals surface area contributed by atoms with E-state index in [1.165, 1.54) is 0 Å². The molecule has 2 amide bonds. The molecular formula is C16H27N3O4. The van der Waals surface area contributed by atoms with Gasteiger partial charge >= 0.3 is 12.0 Å². The van der Waals surface area contributed by atoms with Crippen LogP contribution >= 0.6 is 0 Å². The van der Waals surface area contributed by atoms with Gasteiger partial charge in [0, 0.05) is 25.3 Å². The van der Waals surface area contributed by atoms with E-state index in [1.807, 2.05) is 20.8 Å². The molecule has 0 bridgehead atoms. The van der Waals surface area contributed by atoms with E-state index >= 15 is 0 Å². The molecule has 2 N–H and O–H groups in total. The Hall–Kier alpha value is -1.60. The molecule has 2 aliphatic heterocycles. The summed E-state index contributed by atoms with van der Waals surface area (Å²) in [6.45, 7) is 11.9. The second-order valence-corrected chi connectivity index (χ2v) is 6.79. The van der Waals surface area contributed by atoms with E-state index in [0.717, 1.165) is 13.1 Å². The SMILES string of the molecule is CCOC(=O)C1=C(CN2C[C@H](C)OC(C)(C)C2)NC(=O)N[C@@H]1C. The van der Waals surface area contributed by atoms with Crippen molar-refractivity contribution in [3.05, 3.63) is 11.3 Å². The summed E-state index contributed by atoms with van der Waals surface area (Å²) in [7, 11) is 0. The molecule has 2 aliphatic rings. The molecule has 0 aromatic heterocycles. The molecule has 7 heteroatoms. The molecule has 1 fully saturated rings. The lowest BCUT2D eigenvalue weighted by Gasteiger charge is -2.42. The fourth-order valence-corrected chi connectivity index (χ4v) is 3.33. The first-order valence-corrected chi connectivity index (χ1v) is 8.09. The summed E-state index contributed by atoms with van der Waals surface area (Å²) < 4.78 is 11.0. The molecule has 1 saturated heterocycles. The smallest absolute Gasteiger partial charge is 0.337 e. The molecule has 0 unspecified atom stereocenters. The zero-order chi connectivity index (χ0) is 17.2. The van der Waals surface area contributed by atoms with Crippen molar-refractivity contribution in [1.82, 2.24) is 15.5 Å². The van der Waals surface area contributed by atoms with Gasteiger partial charge in [-0.05, 0) is 34.6 Å². The highest BCUT2D eigenvalue weighted by atomic mass is 16.5. The van der Waals surface area contributed by atoms with Crippen LogP contribution in [0.4, 0.5) is 4.79 Å². The second kappa shape index (κ2) is 6.88. The van der Waals surface area contributed by atoms with Crippen molar-refractivity contribution in [2.75, 3.05) is 26.2 Å². The Kier molecular flexibility index (Phi) is 5.31. The number of nitrogens with one attached hydrogen (secondary N) is 2. The minimum atomic E-state index is -0.386. The van der Waals surface area contributed by atoms with Gasteiger partial charge in [0.1, 0.15) is 0 Å². The fraction of sp³-hybridized carbons (Fsp3) is 0.750. The Bertz CT molecular complexity index is 515. The zero-order valence-electron chi connectivity index (χ0n) is 14.6. The quantitative estimate of drug-likeness (QED) is 0.754. The first kappa shape index (κ1) is 17.7. The number of esters is 1. The molecule has 0 aromatic carbocycles. The topological polar surface area (TPSA) is 79.9 Å². The van der Waals surface area contributed by atoms with Crippen LogP contribution in [0.15, 0.2) is 11.3 Å². The molecule has 2 atom stereocenters. The predicted octanol–water partition coefficient (Wildman–Crippen LogP) is 1.00. The number of carbonyl (C=O) groups excluding carboxylic acids is 2. The molecule has 0 saturated carbocycles. The number of carbonyl (C=O) groups is 2. The lowest BCUT2D eigenvalue weighted by Crippen LogP contribution is -2.55. The highest BCUT2D eigenvalue weighted by Crippen LogP contribution is 2.23. The number of urea groups is 1. The van der Waals surface area contributed by atoms with Crippen LogP contribution in [0, 0.1) is 0 Å². The summed E-state index contributed by atoms with van der Waals surface area (Å²) >= 11 is 0. The van der Waals surface area contributed by atoms with Gasteiger partial charge in [0.25, 0.3) is 0 Å². The maximum Gasteiger partial charge on any atom is 0.337 e. The standard InChI is InChI=1S/C16H27N3O4/c1-6-22-14(20)13-11(3)17-15(21)18-12(13)8-19-7-10(2)23-16(4,5)9-19/h10-11H,6-9H2,1-5H3,(H2,17,18,21)/t10-,11+/m0/s1. The molecule has 23 heavy (non-hydrogen) atoms. The first-order chi connectivity index (χ1) is 10.7. The van der Waals surface area contributed by atoms with Gasteiger partial charge < -0.3 is 20.1 Å². The molecule has 0 radical (unpaired) electrons. The first-order valence-electron chi connectivity index (χ1n) is 8.09. The Balaban J connectivity index is 2.23.